The number of methoxy groups -OCH3 is 1. The van der Waals surface area contributed by atoms with Gasteiger partial charge in [0.05, 0.1) is 6.61 Å². The van der Waals surface area contributed by atoms with Gasteiger partial charge >= 0.3 is 0 Å². The fourth-order valence-electron chi connectivity index (χ4n) is 2.67. The Kier molecular flexibility index (Phi) is 3.13. The Balaban J connectivity index is 2.52. The Labute approximate surface area is 75.9 Å². The Bertz CT molecular complexity index is 137. The van der Waals surface area contributed by atoms with E-state index in [9.17, 15) is 0 Å². The molecule has 2 unspecified atom stereocenters. The molecule has 0 saturated carbocycles. The summed E-state index contributed by atoms with van der Waals surface area (Å²) >= 11 is 0. The summed E-state index contributed by atoms with van der Waals surface area (Å²) in [7, 11) is 3.99. The molecule has 0 spiro atoms. The third kappa shape index (κ3) is 2.46. The van der Waals surface area contributed by atoms with Crippen molar-refractivity contribution in [3.63, 3.8) is 0 Å². The molecule has 0 bridgehead atoms. The number of hydrogen-bond acceptors (Lipinski definition) is 2. The quantitative estimate of drug-likeness (QED) is 0.626. The summed E-state index contributed by atoms with van der Waals surface area (Å²) in [6.07, 6.45) is 1.30. The Morgan fingerprint density at radius 3 is 2.75 bits per heavy atom. The molecule has 0 aromatic carbocycles. The summed E-state index contributed by atoms with van der Waals surface area (Å²) in [5, 5.41) is 0. The molecule has 2 nitrogen and oxygen atoms in total. The molecule has 1 saturated heterocycles. The highest BCUT2D eigenvalue weighted by molar-refractivity contribution is 4.84. The maximum atomic E-state index is 5.25. The normalized spacial score (nSPS) is 38.5. The first-order valence-corrected chi connectivity index (χ1v) is 4.73. The minimum Gasteiger partial charge on any atom is -0.384 e. The number of hydrogen-bond donors (Lipinski definition) is 0. The van der Waals surface area contributed by atoms with Crippen molar-refractivity contribution in [3.8, 4) is 0 Å². The summed E-state index contributed by atoms with van der Waals surface area (Å²) < 4.78 is 5.25. The smallest absolute Gasteiger partial charge is 0.0528 e. The molecule has 1 aliphatic rings. The Morgan fingerprint density at radius 1 is 1.58 bits per heavy atom. The van der Waals surface area contributed by atoms with Crippen molar-refractivity contribution < 1.29 is 4.74 Å². The number of rotatable bonds is 2. The molecular formula is C10H21NO. The largest absolute Gasteiger partial charge is 0.384 e. The monoisotopic (exact) mass is 171 g/mol. The molecule has 12 heavy (non-hydrogen) atoms. The van der Waals surface area contributed by atoms with Gasteiger partial charge in [0.15, 0.2) is 0 Å². The van der Waals surface area contributed by atoms with E-state index in [0.29, 0.717) is 5.41 Å². The standard InChI is InChI=1S/C10H21NO/c1-9-5-10(2,8-12-4)7-11(3)6-9/h9H,5-8H2,1-4H3. The minimum atomic E-state index is 0.376. The molecule has 0 aromatic rings. The van der Waals surface area contributed by atoms with Gasteiger partial charge in [0, 0.05) is 25.6 Å². The molecule has 0 amide bonds. The molecule has 0 N–H and O–H groups in total. The van der Waals surface area contributed by atoms with E-state index in [1.165, 1.54) is 19.5 Å². The molecule has 0 aliphatic carbocycles. The molecule has 2 atom stereocenters. The van der Waals surface area contributed by atoms with E-state index < -0.39 is 0 Å². The summed E-state index contributed by atoms with van der Waals surface area (Å²) in [6.45, 7) is 7.94. The zero-order chi connectivity index (χ0) is 9.19. The number of ether oxygens (including phenoxy) is 1. The highest BCUT2D eigenvalue weighted by Gasteiger charge is 2.32. The Morgan fingerprint density at radius 2 is 2.25 bits per heavy atom. The van der Waals surface area contributed by atoms with E-state index in [2.05, 4.69) is 25.8 Å². The van der Waals surface area contributed by atoms with E-state index >= 15 is 0 Å². The predicted octanol–water partition coefficient (Wildman–Crippen LogP) is 1.61. The van der Waals surface area contributed by atoms with Crippen LogP contribution in [0.5, 0.6) is 0 Å². The average Bonchev–Trinajstić information content (AvgIpc) is 1.82. The molecule has 0 radical (unpaired) electrons. The minimum absolute atomic E-state index is 0.376. The summed E-state index contributed by atoms with van der Waals surface area (Å²) in [6, 6.07) is 0. The number of likely N-dealkylation sites (tertiary alicyclic amines) is 1. The van der Waals surface area contributed by atoms with Gasteiger partial charge in [0.2, 0.25) is 0 Å². The van der Waals surface area contributed by atoms with Crippen LogP contribution in [0.1, 0.15) is 20.3 Å². The predicted molar refractivity (Wildman–Crippen MR) is 51.3 cm³/mol. The van der Waals surface area contributed by atoms with Gasteiger partial charge in [-0.25, -0.2) is 0 Å². The van der Waals surface area contributed by atoms with E-state index in [4.69, 9.17) is 4.74 Å². The molecule has 1 heterocycles. The fourth-order valence-corrected chi connectivity index (χ4v) is 2.67. The van der Waals surface area contributed by atoms with Crippen LogP contribution in [0.15, 0.2) is 0 Å². The van der Waals surface area contributed by atoms with Gasteiger partial charge in [-0.3, -0.25) is 0 Å². The maximum Gasteiger partial charge on any atom is 0.0528 e. The fraction of sp³-hybridized carbons (Fsp3) is 1.00. The van der Waals surface area contributed by atoms with Crippen LogP contribution < -0.4 is 0 Å². The van der Waals surface area contributed by atoms with Gasteiger partial charge in [0.25, 0.3) is 0 Å². The lowest BCUT2D eigenvalue weighted by Gasteiger charge is -2.41. The van der Waals surface area contributed by atoms with Crippen molar-refractivity contribution in [1.82, 2.24) is 4.90 Å². The SMILES string of the molecule is COCC1(C)CC(C)CN(C)C1. The van der Waals surface area contributed by atoms with Crippen molar-refractivity contribution >= 4 is 0 Å². The van der Waals surface area contributed by atoms with Crippen LogP contribution in [0.2, 0.25) is 0 Å². The second-order valence-corrected chi connectivity index (χ2v) is 4.75. The van der Waals surface area contributed by atoms with Gasteiger partial charge in [-0.2, -0.15) is 0 Å². The zero-order valence-electron chi connectivity index (χ0n) is 8.76. The van der Waals surface area contributed by atoms with E-state index in [0.717, 1.165) is 12.5 Å². The van der Waals surface area contributed by atoms with E-state index in [1.54, 1.807) is 7.11 Å². The van der Waals surface area contributed by atoms with Gasteiger partial charge in [-0.15, -0.1) is 0 Å². The molecular weight excluding hydrogens is 150 g/mol. The van der Waals surface area contributed by atoms with Crippen LogP contribution in [0, 0.1) is 11.3 Å². The second kappa shape index (κ2) is 3.75. The number of piperidine rings is 1. The molecule has 0 aromatic heterocycles. The first kappa shape index (κ1) is 10.0. The van der Waals surface area contributed by atoms with Crippen LogP contribution in [0.25, 0.3) is 0 Å². The summed E-state index contributed by atoms with van der Waals surface area (Å²) in [5.41, 5.74) is 0.376. The van der Waals surface area contributed by atoms with Gasteiger partial charge in [-0.05, 0) is 19.4 Å². The van der Waals surface area contributed by atoms with Crippen LogP contribution in [0.4, 0.5) is 0 Å². The lowest BCUT2D eigenvalue weighted by atomic mass is 9.78. The van der Waals surface area contributed by atoms with Gasteiger partial charge in [0.1, 0.15) is 0 Å². The summed E-state index contributed by atoms with van der Waals surface area (Å²) in [4.78, 5) is 2.41. The maximum absolute atomic E-state index is 5.25. The van der Waals surface area contributed by atoms with Gasteiger partial charge < -0.3 is 9.64 Å². The first-order chi connectivity index (χ1) is 5.56. The molecule has 72 valence electrons. The van der Waals surface area contributed by atoms with E-state index in [-0.39, 0.29) is 0 Å². The average molecular weight is 171 g/mol. The lowest BCUT2D eigenvalue weighted by Crippen LogP contribution is -2.45. The van der Waals surface area contributed by atoms with Crippen molar-refractivity contribution in [1.29, 1.82) is 0 Å². The van der Waals surface area contributed by atoms with Crippen LogP contribution >= 0.6 is 0 Å². The van der Waals surface area contributed by atoms with Gasteiger partial charge in [-0.1, -0.05) is 13.8 Å². The third-order valence-electron chi connectivity index (χ3n) is 2.61. The molecule has 1 fully saturated rings. The zero-order valence-corrected chi connectivity index (χ0v) is 8.76. The van der Waals surface area contributed by atoms with Crippen molar-refractivity contribution in [2.24, 2.45) is 11.3 Å². The highest BCUT2D eigenvalue weighted by atomic mass is 16.5. The first-order valence-electron chi connectivity index (χ1n) is 4.73. The van der Waals surface area contributed by atoms with Crippen LogP contribution in [0.3, 0.4) is 0 Å². The lowest BCUT2D eigenvalue weighted by molar-refractivity contribution is 0.0135. The number of nitrogens with zero attached hydrogens (tertiary/aromatic N) is 1. The summed E-state index contributed by atoms with van der Waals surface area (Å²) in [5.74, 6) is 0.809. The molecule has 1 rings (SSSR count). The highest BCUT2D eigenvalue weighted by Crippen LogP contribution is 2.31. The van der Waals surface area contributed by atoms with E-state index in [1.807, 2.05) is 0 Å². The third-order valence-corrected chi connectivity index (χ3v) is 2.61. The second-order valence-electron chi connectivity index (χ2n) is 4.75. The van der Waals surface area contributed by atoms with Crippen molar-refractivity contribution in [2.75, 3.05) is 33.9 Å². The van der Waals surface area contributed by atoms with Crippen molar-refractivity contribution in [3.05, 3.63) is 0 Å². The molecule has 2 heteroatoms. The topological polar surface area (TPSA) is 12.5 Å². The van der Waals surface area contributed by atoms with Crippen LogP contribution in [-0.4, -0.2) is 38.8 Å². The molecule has 1 aliphatic heterocycles. The van der Waals surface area contributed by atoms with Crippen molar-refractivity contribution in [2.45, 2.75) is 20.3 Å². The Hall–Kier alpha value is -0.0800. The van der Waals surface area contributed by atoms with Crippen LogP contribution in [-0.2, 0) is 4.74 Å².